The second-order valence-electron chi connectivity index (χ2n) is 5.78. The van der Waals surface area contributed by atoms with Gasteiger partial charge in [0, 0.05) is 19.6 Å². The lowest BCUT2D eigenvalue weighted by atomic mass is 10.1. The van der Waals surface area contributed by atoms with E-state index in [1.165, 1.54) is 11.9 Å². The summed E-state index contributed by atoms with van der Waals surface area (Å²) in [7, 11) is 0. The first-order chi connectivity index (χ1) is 11.3. The molecule has 1 aliphatic rings. The van der Waals surface area contributed by atoms with Gasteiger partial charge in [-0.1, -0.05) is 30.3 Å². The van der Waals surface area contributed by atoms with Crippen LogP contribution in [0.25, 0.3) is 5.52 Å². The summed E-state index contributed by atoms with van der Waals surface area (Å²) in [5.74, 6) is 0.489. The van der Waals surface area contributed by atoms with Gasteiger partial charge in [0.1, 0.15) is 17.9 Å². The Balaban J connectivity index is 1.56. The maximum Gasteiger partial charge on any atom is 0.151 e. The van der Waals surface area contributed by atoms with Gasteiger partial charge in [0.25, 0.3) is 0 Å². The number of aromatic nitrogens is 3. The number of nitrogens with two attached hydrogens (primary N) is 1. The van der Waals surface area contributed by atoms with Crippen LogP contribution in [0.1, 0.15) is 17.4 Å². The predicted octanol–water partition coefficient (Wildman–Crippen LogP) is 1.88. The first-order valence-corrected chi connectivity index (χ1v) is 7.77. The van der Waals surface area contributed by atoms with Crippen LogP contribution < -0.4 is 5.73 Å². The third-order valence-electron chi connectivity index (χ3n) is 4.24. The Morgan fingerprint density at radius 3 is 2.91 bits per heavy atom. The molecule has 1 aromatic carbocycles. The largest absolute Gasteiger partial charge is 0.382 e. The summed E-state index contributed by atoms with van der Waals surface area (Å²) in [6.45, 7) is 3.42. The van der Waals surface area contributed by atoms with Crippen LogP contribution in [-0.4, -0.2) is 39.2 Å². The van der Waals surface area contributed by atoms with Gasteiger partial charge < -0.3 is 10.5 Å². The molecule has 6 heteroatoms. The van der Waals surface area contributed by atoms with Crippen molar-refractivity contribution in [2.45, 2.75) is 12.6 Å². The first kappa shape index (κ1) is 14.2. The van der Waals surface area contributed by atoms with Crippen molar-refractivity contribution in [3.63, 3.8) is 0 Å². The summed E-state index contributed by atoms with van der Waals surface area (Å²) in [4.78, 5) is 6.44. The SMILES string of the molecule is Nc1ncnn2c(C3CN(Cc4ccccc4)CCO3)ccc12. The average molecular weight is 309 g/mol. The molecule has 2 N–H and O–H groups in total. The Morgan fingerprint density at radius 1 is 1.17 bits per heavy atom. The first-order valence-electron chi connectivity index (χ1n) is 7.77. The minimum Gasteiger partial charge on any atom is -0.382 e. The zero-order valence-corrected chi connectivity index (χ0v) is 12.8. The Kier molecular flexibility index (Phi) is 3.69. The number of ether oxygens (including phenoxy) is 1. The molecule has 1 atom stereocenters. The average Bonchev–Trinajstić information content (AvgIpc) is 3.02. The zero-order valence-electron chi connectivity index (χ0n) is 12.8. The molecule has 0 saturated carbocycles. The second kappa shape index (κ2) is 5.98. The topological polar surface area (TPSA) is 68.7 Å². The number of rotatable bonds is 3. The summed E-state index contributed by atoms with van der Waals surface area (Å²) in [5.41, 5.74) is 9.07. The molecule has 4 rings (SSSR count). The fraction of sp³-hybridized carbons (Fsp3) is 0.294. The van der Waals surface area contributed by atoms with Gasteiger partial charge in [0.05, 0.1) is 12.3 Å². The van der Waals surface area contributed by atoms with E-state index in [9.17, 15) is 0 Å². The van der Waals surface area contributed by atoms with E-state index < -0.39 is 0 Å². The van der Waals surface area contributed by atoms with E-state index in [-0.39, 0.29) is 6.10 Å². The highest BCUT2D eigenvalue weighted by molar-refractivity contribution is 5.65. The summed E-state index contributed by atoms with van der Waals surface area (Å²) in [5, 5.41) is 4.31. The molecular formula is C17H19N5O. The van der Waals surface area contributed by atoms with Crippen molar-refractivity contribution >= 4 is 11.3 Å². The van der Waals surface area contributed by atoms with Gasteiger partial charge in [0.2, 0.25) is 0 Å². The van der Waals surface area contributed by atoms with Gasteiger partial charge in [-0.25, -0.2) is 9.50 Å². The molecule has 0 amide bonds. The molecule has 1 aliphatic heterocycles. The Hall–Kier alpha value is -2.44. The molecule has 3 heterocycles. The van der Waals surface area contributed by atoms with Gasteiger partial charge in [-0.15, -0.1) is 0 Å². The second-order valence-corrected chi connectivity index (χ2v) is 5.78. The Morgan fingerprint density at radius 2 is 2.04 bits per heavy atom. The smallest absolute Gasteiger partial charge is 0.151 e. The van der Waals surface area contributed by atoms with Crippen molar-refractivity contribution in [2.24, 2.45) is 0 Å². The molecule has 6 nitrogen and oxygen atoms in total. The van der Waals surface area contributed by atoms with Crippen LogP contribution in [0.15, 0.2) is 48.8 Å². The standard InChI is InChI=1S/C17H19N5O/c18-17-15-7-6-14(22(15)20-12-19-17)16-11-21(8-9-23-16)10-13-4-2-1-3-5-13/h1-7,12,16H,8-11H2,(H2,18,19,20). The quantitative estimate of drug-likeness (QED) is 0.800. The molecule has 0 bridgehead atoms. The van der Waals surface area contributed by atoms with Gasteiger partial charge >= 0.3 is 0 Å². The molecule has 0 spiro atoms. The molecule has 1 unspecified atom stereocenters. The lowest BCUT2D eigenvalue weighted by Gasteiger charge is -2.32. The van der Waals surface area contributed by atoms with Crippen LogP contribution in [0.4, 0.5) is 5.82 Å². The predicted molar refractivity (Wildman–Crippen MR) is 87.8 cm³/mol. The van der Waals surface area contributed by atoms with E-state index in [0.717, 1.165) is 30.8 Å². The van der Waals surface area contributed by atoms with Crippen LogP contribution in [0, 0.1) is 0 Å². The number of hydrogen-bond acceptors (Lipinski definition) is 5. The van der Waals surface area contributed by atoms with Crippen molar-refractivity contribution in [1.29, 1.82) is 0 Å². The van der Waals surface area contributed by atoms with Crippen molar-refractivity contribution < 1.29 is 4.74 Å². The molecular weight excluding hydrogens is 290 g/mol. The maximum absolute atomic E-state index is 5.97. The number of anilines is 1. The van der Waals surface area contributed by atoms with Crippen LogP contribution in [0.2, 0.25) is 0 Å². The lowest BCUT2D eigenvalue weighted by molar-refractivity contribution is -0.0357. The molecule has 23 heavy (non-hydrogen) atoms. The van der Waals surface area contributed by atoms with Gasteiger partial charge in [-0.2, -0.15) is 5.10 Å². The van der Waals surface area contributed by atoms with E-state index in [1.807, 2.05) is 22.7 Å². The highest BCUT2D eigenvalue weighted by atomic mass is 16.5. The lowest BCUT2D eigenvalue weighted by Crippen LogP contribution is -2.38. The maximum atomic E-state index is 5.97. The summed E-state index contributed by atoms with van der Waals surface area (Å²) in [6.07, 6.45) is 1.47. The van der Waals surface area contributed by atoms with E-state index in [2.05, 4.69) is 39.2 Å². The number of morpholine rings is 1. The monoisotopic (exact) mass is 309 g/mol. The number of hydrogen-bond donors (Lipinski definition) is 1. The van der Waals surface area contributed by atoms with Crippen molar-refractivity contribution in [2.75, 3.05) is 25.4 Å². The van der Waals surface area contributed by atoms with Gasteiger partial charge in [0.15, 0.2) is 5.82 Å². The number of nitrogen functional groups attached to an aromatic ring is 1. The van der Waals surface area contributed by atoms with Crippen LogP contribution in [-0.2, 0) is 11.3 Å². The van der Waals surface area contributed by atoms with E-state index >= 15 is 0 Å². The molecule has 2 aromatic heterocycles. The fourth-order valence-electron chi connectivity index (χ4n) is 3.08. The van der Waals surface area contributed by atoms with E-state index in [0.29, 0.717) is 12.4 Å². The molecule has 0 radical (unpaired) electrons. The van der Waals surface area contributed by atoms with Gasteiger partial charge in [-0.3, -0.25) is 4.90 Å². The molecule has 1 fully saturated rings. The summed E-state index contributed by atoms with van der Waals surface area (Å²) < 4.78 is 7.81. The minimum atomic E-state index is -0.00994. The van der Waals surface area contributed by atoms with Crippen molar-refractivity contribution in [3.05, 3.63) is 60.0 Å². The third kappa shape index (κ3) is 2.78. The van der Waals surface area contributed by atoms with Crippen LogP contribution in [0.5, 0.6) is 0 Å². The molecule has 3 aromatic rings. The molecule has 1 saturated heterocycles. The van der Waals surface area contributed by atoms with Crippen molar-refractivity contribution in [3.8, 4) is 0 Å². The third-order valence-corrected chi connectivity index (χ3v) is 4.24. The van der Waals surface area contributed by atoms with E-state index in [4.69, 9.17) is 10.5 Å². The number of nitrogens with zero attached hydrogens (tertiary/aromatic N) is 4. The normalized spacial score (nSPS) is 19.2. The highest BCUT2D eigenvalue weighted by Gasteiger charge is 2.25. The fourth-order valence-corrected chi connectivity index (χ4v) is 3.08. The highest BCUT2D eigenvalue weighted by Crippen LogP contribution is 2.25. The summed E-state index contributed by atoms with van der Waals surface area (Å²) in [6, 6.07) is 14.5. The molecule has 118 valence electrons. The minimum absolute atomic E-state index is 0.00994. The Bertz CT molecular complexity index is 801. The van der Waals surface area contributed by atoms with Crippen molar-refractivity contribution in [1.82, 2.24) is 19.5 Å². The van der Waals surface area contributed by atoms with Crippen LogP contribution in [0.3, 0.4) is 0 Å². The zero-order chi connectivity index (χ0) is 15.6. The number of benzene rings is 1. The molecule has 0 aliphatic carbocycles. The summed E-state index contributed by atoms with van der Waals surface area (Å²) >= 11 is 0. The van der Waals surface area contributed by atoms with Crippen LogP contribution >= 0.6 is 0 Å². The van der Waals surface area contributed by atoms with E-state index in [1.54, 1.807) is 0 Å². The Labute approximate surface area is 134 Å². The number of fused-ring (bicyclic) bond motifs is 1. The van der Waals surface area contributed by atoms with Gasteiger partial charge in [-0.05, 0) is 17.7 Å².